The summed E-state index contributed by atoms with van der Waals surface area (Å²) in [5.74, 6) is 0.0401. The van der Waals surface area contributed by atoms with Crippen molar-refractivity contribution >= 4 is 11.5 Å². The lowest BCUT2D eigenvalue weighted by Crippen LogP contribution is -2.33. The molecule has 0 saturated carbocycles. The molecule has 1 aliphatic rings. The maximum Gasteiger partial charge on any atom is 0.269 e. The first-order chi connectivity index (χ1) is 9.61. The molecule has 5 nitrogen and oxygen atoms in total. The second-order valence-corrected chi connectivity index (χ2v) is 5.53. The number of piperidine rings is 1. The van der Waals surface area contributed by atoms with Gasteiger partial charge in [0.15, 0.2) is 5.78 Å². The number of carbonyl (C=O) groups excluding carboxylic acids is 1. The van der Waals surface area contributed by atoms with Crippen molar-refractivity contribution in [2.75, 3.05) is 18.0 Å². The van der Waals surface area contributed by atoms with Gasteiger partial charge in [-0.15, -0.1) is 0 Å². The lowest BCUT2D eigenvalue weighted by Gasteiger charge is -2.28. The van der Waals surface area contributed by atoms with Crippen LogP contribution in [0.5, 0.6) is 0 Å². The first kappa shape index (κ1) is 14.8. The van der Waals surface area contributed by atoms with Crippen LogP contribution >= 0.6 is 0 Å². The van der Waals surface area contributed by atoms with E-state index >= 15 is 0 Å². The maximum absolute atomic E-state index is 12.1. The Morgan fingerprint density at radius 1 is 1.35 bits per heavy atom. The first-order valence-electron chi connectivity index (χ1n) is 7.46. The van der Waals surface area contributed by atoms with E-state index in [0.717, 1.165) is 38.0 Å². The molecule has 0 N–H and O–H groups in total. The van der Waals surface area contributed by atoms with Gasteiger partial charge in [-0.1, -0.05) is 13.8 Å². The van der Waals surface area contributed by atoms with Crippen molar-refractivity contribution in [3.63, 3.8) is 0 Å². The molecular formula is C15H23N3O2. The lowest BCUT2D eigenvalue weighted by molar-refractivity contribution is -0.123. The Kier molecular flexibility index (Phi) is 4.93. The first-order valence-corrected chi connectivity index (χ1v) is 7.46. The number of hydrogen-bond acceptors (Lipinski definition) is 4. The highest BCUT2D eigenvalue weighted by atomic mass is 16.1. The molecule has 0 bridgehead atoms. The predicted octanol–water partition coefficient (Wildman–Crippen LogP) is 1.85. The molecule has 1 saturated heterocycles. The molecule has 0 radical (unpaired) electrons. The van der Waals surface area contributed by atoms with Crippen LogP contribution in [-0.2, 0) is 11.3 Å². The van der Waals surface area contributed by atoms with Gasteiger partial charge in [-0.25, -0.2) is 4.68 Å². The van der Waals surface area contributed by atoms with Crippen molar-refractivity contribution < 1.29 is 4.79 Å². The second kappa shape index (κ2) is 6.68. The molecule has 1 atom stereocenters. The Hall–Kier alpha value is -1.65. The highest BCUT2D eigenvalue weighted by Crippen LogP contribution is 2.16. The molecule has 0 spiro atoms. The van der Waals surface area contributed by atoms with E-state index in [2.05, 4.69) is 10.00 Å². The molecule has 1 aliphatic heterocycles. The van der Waals surface area contributed by atoms with Gasteiger partial charge < -0.3 is 4.90 Å². The van der Waals surface area contributed by atoms with Crippen LogP contribution in [-0.4, -0.2) is 28.7 Å². The van der Waals surface area contributed by atoms with Crippen molar-refractivity contribution in [1.29, 1.82) is 0 Å². The van der Waals surface area contributed by atoms with Gasteiger partial charge in [0.2, 0.25) is 0 Å². The summed E-state index contributed by atoms with van der Waals surface area (Å²) < 4.78 is 1.27. The van der Waals surface area contributed by atoms with Crippen molar-refractivity contribution in [2.45, 2.75) is 46.1 Å². The topological polar surface area (TPSA) is 55.2 Å². The summed E-state index contributed by atoms with van der Waals surface area (Å²) in [7, 11) is 0. The van der Waals surface area contributed by atoms with Gasteiger partial charge in [-0.2, -0.15) is 5.10 Å². The van der Waals surface area contributed by atoms with Gasteiger partial charge in [0, 0.05) is 25.1 Å². The molecule has 20 heavy (non-hydrogen) atoms. The highest BCUT2D eigenvalue weighted by Gasteiger charge is 2.15. The monoisotopic (exact) mass is 277 g/mol. The van der Waals surface area contributed by atoms with Gasteiger partial charge in [0.05, 0.1) is 11.9 Å². The number of rotatable bonds is 5. The molecule has 110 valence electrons. The fraction of sp³-hybridized carbons (Fsp3) is 0.667. The molecule has 1 aromatic rings. The average molecular weight is 277 g/mol. The van der Waals surface area contributed by atoms with E-state index in [0.29, 0.717) is 0 Å². The normalized spacial score (nSPS) is 17.0. The zero-order chi connectivity index (χ0) is 14.5. The largest absolute Gasteiger partial charge is 0.370 e. The van der Waals surface area contributed by atoms with Gasteiger partial charge in [-0.05, 0) is 25.7 Å². The molecule has 1 unspecified atom stereocenters. The minimum atomic E-state index is -0.190. The summed E-state index contributed by atoms with van der Waals surface area (Å²) in [4.78, 5) is 26.1. The summed E-state index contributed by atoms with van der Waals surface area (Å²) in [6.45, 7) is 5.90. The van der Waals surface area contributed by atoms with Crippen molar-refractivity contribution in [3.8, 4) is 0 Å². The SMILES string of the molecule is CCC(C)C(=O)Cn1ncc(N2CCCCC2)cc1=O. The van der Waals surface area contributed by atoms with E-state index in [1.165, 1.54) is 11.1 Å². The molecule has 0 aromatic carbocycles. The summed E-state index contributed by atoms with van der Waals surface area (Å²) in [6.07, 6.45) is 6.08. The van der Waals surface area contributed by atoms with E-state index in [9.17, 15) is 9.59 Å². The molecule has 2 rings (SSSR count). The lowest BCUT2D eigenvalue weighted by atomic mass is 10.0. The third kappa shape index (κ3) is 3.46. The number of nitrogens with zero attached hydrogens (tertiary/aromatic N) is 3. The molecule has 0 aliphatic carbocycles. The molecule has 1 aromatic heterocycles. The van der Waals surface area contributed by atoms with Crippen molar-refractivity contribution in [1.82, 2.24) is 9.78 Å². The van der Waals surface area contributed by atoms with E-state index in [4.69, 9.17) is 0 Å². The Morgan fingerprint density at radius 2 is 2.05 bits per heavy atom. The zero-order valence-electron chi connectivity index (χ0n) is 12.3. The zero-order valence-corrected chi connectivity index (χ0v) is 12.3. The van der Waals surface area contributed by atoms with Gasteiger partial charge in [0.1, 0.15) is 6.54 Å². The number of aromatic nitrogens is 2. The van der Waals surface area contributed by atoms with E-state index in [1.54, 1.807) is 12.3 Å². The van der Waals surface area contributed by atoms with Crippen LogP contribution in [0.1, 0.15) is 39.5 Å². The smallest absolute Gasteiger partial charge is 0.269 e. The van der Waals surface area contributed by atoms with Gasteiger partial charge in [-0.3, -0.25) is 9.59 Å². The average Bonchev–Trinajstić information content (AvgIpc) is 2.49. The predicted molar refractivity (Wildman–Crippen MR) is 79.0 cm³/mol. The summed E-state index contributed by atoms with van der Waals surface area (Å²) in [5, 5.41) is 4.15. The Balaban J connectivity index is 2.09. The molecular weight excluding hydrogens is 254 g/mol. The Labute approximate surface area is 119 Å². The minimum Gasteiger partial charge on any atom is -0.370 e. The molecule has 5 heteroatoms. The Bertz CT molecular complexity index is 518. The fourth-order valence-electron chi connectivity index (χ4n) is 2.40. The number of Topliss-reactive ketones (excluding diaryl/α,β-unsaturated/α-hetero) is 1. The quantitative estimate of drug-likeness (QED) is 0.824. The summed E-state index contributed by atoms with van der Waals surface area (Å²) in [5.41, 5.74) is 0.687. The number of ketones is 1. The summed E-state index contributed by atoms with van der Waals surface area (Å²) in [6, 6.07) is 1.60. The van der Waals surface area contributed by atoms with Crippen LogP contribution in [0.3, 0.4) is 0 Å². The van der Waals surface area contributed by atoms with Crippen molar-refractivity contribution in [2.24, 2.45) is 5.92 Å². The molecule has 1 fully saturated rings. The van der Waals surface area contributed by atoms with Crippen LogP contribution < -0.4 is 10.5 Å². The maximum atomic E-state index is 12.1. The van der Waals surface area contributed by atoms with E-state index in [-0.39, 0.29) is 23.8 Å². The standard InChI is InChI=1S/C15H23N3O2/c1-3-12(2)14(19)11-18-15(20)9-13(10-16-18)17-7-5-4-6-8-17/h9-10,12H,3-8,11H2,1-2H3. The van der Waals surface area contributed by atoms with E-state index < -0.39 is 0 Å². The van der Waals surface area contributed by atoms with Crippen LogP contribution in [0.25, 0.3) is 0 Å². The van der Waals surface area contributed by atoms with Crippen LogP contribution in [0, 0.1) is 5.92 Å². The minimum absolute atomic E-state index is 0.0227. The van der Waals surface area contributed by atoms with E-state index in [1.807, 2.05) is 13.8 Å². The number of hydrogen-bond donors (Lipinski definition) is 0. The molecule has 2 heterocycles. The van der Waals surface area contributed by atoms with Gasteiger partial charge in [0.25, 0.3) is 5.56 Å². The third-order valence-corrected chi connectivity index (χ3v) is 4.04. The third-order valence-electron chi connectivity index (χ3n) is 4.04. The second-order valence-electron chi connectivity index (χ2n) is 5.53. The Morgan fingerprint density at radius 3 is 2.65 bits per heavy atom. The highest BCUT2D eigenvalue weighted by molar-refractivity contribution is 5.80. The molecule has 0 amide bonds. The van der Waals surface area contributed by atoms with Gasteiger partial charge >= 0.3 is 0 Å². The fourth-order valence-corrected chi connectivity index (χ4v) is 2.40. The number of carbonyl (C=O) groups is 1. The van der Waals surface area contributed by atoms with Crippen molar-refractivity contribution in [3.05, 3.63) is 22.6 Å². The number of anilines is 1. The van der Waals surface area contributed by atoms with Crippen LogP contribution in [0.15, 0.2) is 17.1 Å². The van der Waals surface area contributed by atoms with Crippen LogP contribution in [0.4, 0.5) is 5.69 Å². The van der Waals surface area contributed by atoms with Crippen LogP contribution in [0.2, 0.25) is 0 Å². The summed E-state index contributed by atoms with van der Waals surface area (Å²) >= 11 is 0.